The Morgan fingerprint density at radius 3 is 2.67 bits per heavy atom. The fourth-order valence-corrected chi connectivity index (χ4v) is 0.764. The number of hydrogen-bond donors (Lipinski definition) is 3. The summed E-state index contributed by atoms with van der Waals surface area (Å²) in [5, 5.41) is 8.80. The summed E-state index contributed by atoms with van der Waals surface area (Å²) in [6.07, 6.45) is 0.246. The Labute approximate surface area is 69.5 Å². The summed E-state index contributed by atoms with van der Waals surface area (Å²) < 4.78 is 2.96. The van der Waals surface area contributed by atoms with Crippen molar-refractivity contribution in [1.29, 1.82) is 0 Å². The van der Waals surface area contributed by atoms with Gasteiger partial charge >= 0.3 is 0 Å². The van der Waals surface area contributed by atoms with Crippen molar-refractivity contribution in [3.05, 3.63) is 0 Å². The maximum atomic E-state index is 8.80. The highest BCUT2D eigenvalue weighted by molar-refractivity contribution is 14.1. The van der Waals surface area contributed by atoms with Gasteiger partial charge in [-0.1, -0.05) is 6.92 Å². The highest BCUT2D eigenvalue weighted by Gasteiger charge is 2.06. The number of aliphatic hydroxyl groups excluding tert-OH is 1. The van der Waals surface area contributed by atoms with Crippen LogP contribution in [0, 0.1) is 5.92 Å². The minimum absolute atomic E-state index is 0.187. The summed E-state index contributed by atoms with van der Waals surface area (Å²) in [5.74, 6) is 0.187. The van der Waals surface area contributed by atoms with Crippen LogP contribution < -0.4 is 9.26 Å². The van der Waals surface area contributed by atoms with Crippen LogP contribution in [0.15, 0.2) is 0 Å². The third-order valence-electron chi connectivity index (χ3n) is 1.28. The Morgan fingerprint density at radius 1 is 1.78 bits per heavy atom. The van der Waals surface area contributed by atoms with Crippen LogP contribution in [-0.2, 0) is 0 Å². The van der Waals surface area contributed by atoms with Crippen LogP contribution in [0.5, 0.6) is 0 Å². The molecule has 4 heteroatoms. The van der Waals surface area contributed by atoms with Crippen molar-refractivity contribution in [2.75, 3.05) is 6.54 Å². The molecule has 4 N–H and O–H groups in total. The van der Waals surface area contributed by atoms with Crippen LogP contribution in [0.3, 0.4) is 0 Å². The Bertz CT molecular complexity index is 70.0. The van der Waals surface area contributed by atoms with E-state index in [9.17, 15) is 0 Å². The average molecular weight is 244 g/mol. The highest BCUT2D eigenvalue weighted by Crippen LogP contribution is 2.02. The van der Waals surface area contributed by atoms with Gasteiger partial charge in [0.25, 0.3) is 0 Å². The minimum Gasteiger partial charge on any atom is -0.379 e. The molecule has 0 heterocycles. The van der Waals surface area contributed by atoms with Crippen molar-refractivity contribution in [3.63, 3.8) is 0 Å². The molecule has 0 radical (unpaired) electrons. The fourth-order valence-electron chi connectivity index (χ4n) is 0.453. The second-order valence-corrected chi connectivity index (χ2v) is 2.90. The molecule has 0 rings (SSSR count). The first kappa shape index (κ1) is 9.61. The molecule has 0 saturated carbocycles. The molecule has 0 bridgehead atoms. The average Bonchev–Trinajstić information content (AvgIpc) is 1.82. The summed E-state index contributed by atoms with van der Waals surface area (Å²) in [5.41, 5.74) is 5.20. The molecule has 2 unspecified atom stereocenters. The SMILES string of the molecule is CC(CCNI)C(N)O. The van der Waals surface area contributed by atoms with E-state index in [1.54, 1.807) is 0 Å². The van der Waals surface area contributed by atoms with Crippen molar-refractivity contribution >= 4 is 22.9 Å². The largest absolute Gasteiger partial charge is 0.379 e. The maximum absolute atomic E-state index is 8.80. The lowest BCUT2D eigenvalue weighted by Crippen LogP contribution is -2.28. The number of aliphatic hydroxyl groups is 1. The van der Waals surface area contributed by atoms with Crippen molar-refractivity contribution < 1.29 is 5.11 Å². The maximum Gasteiger partial charge on any atom is 0.105 e. The van der Waals surface area contributed by atoms with Gasteiger partial charge in [0, 0.05) is 29.4 Å². The molecule has 3 nitrogen and oxygen atoms in total. The number of rotatable bonds is 4. The van der Waals surface area contributed by atoms with E-state index in [0.29, 0.717) is 0 Å². The van der Waals surface area contributed by atoms with Gasteiger partial charge in [0.2, 0.25) is 0 Å². The van der Waals surface area contributed by atoms with Crippen LogP contribution in [0.1, 0.15) is 13.3 Å². The van der Waals surface area contributed by atoms with Crippen LogP contribution in [0.2, 0.25) is 0 Å². The Hall–Kier alpha value is 0.610. The lowest BCUT2D eigenvalue weighted by molar-refractivity contribution is 0.119. The van der Waals surface area contributed by atoms with Crippen molar-refractivity contribution in [3.8, 4) is 0 Å². The zero-order valence-electron chi connectivity index (χ0n) is 5.47. The first-order valence-corrected chi connectivity index (χ1v) is 4.03. The van der Waals surface area contributed by atoms with E-state index >= 15 is 0 Å². The second kappa shape index (κ2) is 5.40. The molecule has 0 spiro atoms. The Morgan fingerprint density at radius 2 is 2.33 bits per heavy atom. The van der Waals surface area contributed by atoms with Crippen LogP contribution in [0.4, 0.5) is 0 Å². The number of halogens is 1. The molecule has 0 aliphatic carbocycles. The zero-order valence-corrected chi connectivity index (χ0v) is 7.63. The van der Waals surface area contributed by atoms with E-state index in [-0.39, 0.29) is 5.92 Å². The summed E-state index contributed by atoms with van der Waals surface area (Å²) in [6.45, 7) is 2.83. The lowest BCUT2D eigenvalue weighted by Gasteiger charge is -2.12. The van der Waals surface area contributed by atoms with E-state index in [0.717, 1.165) is 13.0 Å². The predicted molar refractivity (Wildman–Crippen MR) is 46.0 cm³/mol. The summed E-state index contributed by atoms with van der Waals surface area (Å²) in [7, 11) is 0. The molecular weight excluding hydrogens is 231 g/mol. The summed E-state index contributed by atoms with van der Waals surface area (Å²) >= 11 is 2.07. The monoisotopic (exact) mass is 244 g/mol. The third-order valence-corrected chi connectivity index (χ3v) is 1.82. The molecule has 0 amide bonds. The number of nitrogens with one attached hydrogen (secondary N) is 1. The minimum atomic E-state index is -0.672. The second-order valence-electron chi connectivity index (χ2n) is 2.14. The Balaban J connectivity index is 3.16. The van der Waals surface area contributed by atoms with Gasteiger partial charge in [-0.15, -0.1) is 0 Å². The van der Waals surface area contributed by atoms with Crippen molar-refractivity contribution in [2.45, 2.75) is 19.6 Å². The van der Waals surface area contributed by atoms with Gasteiger partial charge in [-0.2, -0.15) is 0 Å². The molecule has 0 aromatic heterocycles. The smallest absolute Gasteiger partial charge is 0.105 e. The van der Waals surface area contributed by atoms with Gasteiger partial charge in [-0.3, -0.25) is 3.53 Å². The van der Waals surface area contributed by atoms with Crippen LogP contribution in [-0.4, -0.2) is 17.9 Å². The first-order valence-electron chi connectivity index (χ1n) is 2.95. The topological polar surface area (TPSA) is 58.3 Å². The van der Waals surface area contributed by atoms with Crippen LogP contribution in [0.25, 0.3) is 0 Å². The standard InChI is InChI=1S/C5H13IN2O/c1-4(5(7)9)2-3-8-6/h4-5,8-9H,2-3,7H2,1H3. The molecule has 9 heavy (non-hydrogen) atoms. The Kier molecular flexibility index (Phi) is 5.77. The highest BCUT2D eigenvalue weighted by atomic mass is 127. The molecule has 0 saturated heterocycles. The van der Waals surface area contributed by atoms with Crippen molar-refractivity contribution in [1.82, 2.24) is 3.53 Å². The molecular formula is C5H13IN2O. The van der Waals surface area contributed by atoms with Gasteiger partial charge < -0.3 is 10.8 Å². The number of hydrogen-bond acceptors (Lipinski definition) is 3. The van der Waals surface area contributed by atoms with E-state index < -0.39 is 6.23 Å². The first-order chi connectivity index (χ1) is 4.18. The molecule has 2 atom stereocenters. The molecule has 56 valence electrons. The van der Waals surface area contributed by atoms with E-state index in [1.807, 2.05) is 6.92 Å². The van der Waals surface area contributed by atoms with Gasteiger partial charge in [-0.25, -0.2) is 0 Å². The van der Waals surface area contributed by atoms with Gasteiger partial charge in [0.05, 0.1) is 0 Å². The molecule has 0 aromatic carbocycles. The molecule has 0 aliphatic heterocycles. The third kappa shape index (κ3) is 5.07. The van der Waals surface area contributed by atoms with E-state index in [1.165, 1.54) is 0 Å². The quantitative estimate of drug-likeness (QED) is 0.377. The normalized spacial score (nSPS) is 17.3. The predicted octanol–water partition coefficient (Wildman–Crippen LogP) is 0.229. The van der Waals surface area contributed by atoms with E-state index in [4.69, 9.17) is 10.8 Å². The molecule has 0 aromatic rings. The summed E-state index contributed by atoms with van der Waals surface area (Å²) in [4.78, 5) is 0. The van der Waals surface area contributed by atoms with Gasteiger partial charge in [-0.05, 0) is 12.3 Å². The van der Waals surface area contributed by atoms with E-state index in [2.05, 4.69) is 26.4 Å². The zero-order chi connectivity index (χ0) is 7.28. The molecule has 0 fully saturated rings. The van der Waals surface area contributed by atoms with Crippen molar-refractivity contribution in [2.24, 2.45) is 11.7 Å². The summed E-state index contributed by atoms with van der Waals surface area (Å²) in [6, 6.07) is 0. The lowest BCUT2D eigenvalue weighted by atomic mass is 10.1. The fraction of sp³-hybridized carbons (Fsp3) is 1.00. The van der Waals surface area contributed by atoms with Crippen LogP contribution >= 0.6 is 22.9 Å². The number of nitrogens with two attached hydrogens (primary N) is 1. The van der Waals surface area contributed by atoms with Gasteiger partial charge in [0.1, 0.15) is 6.23 Å². The van der Waals surface area contributed by atoms with Gasteiger partial charge in [0.15, 0.2) is 0 Å². The molecule has 0 aliphatic rings.